The molecule has 0 atom stereocenters. The second-order valence-corrected chi connectivity index (χ2v) is 14.8. The fourth-order valence-electron chi connectivity index (χ4n) is 5.78. The van der Waals surface area contributed by atoms with Crippen LogP contribution in [0.5, 0.6) is 0 Å². The Morgan fingerprint density at radius 3 is 1.15 bits per heavy atom. The summed E-state index contributed by atoms with van der Waals surface area (Å²) in [5.41, 5.74) is 2.73. The van der Waals surface area contributed by atoms with E-state index < -0.39 is 7.26 Å². The third-order valence-electron chi connectivity index (χ3n) is 7.96. The van der Waals surface area contributed by atoms with Gasteiger partial charge in [0.2, 0.25) is 0 Å². The summed E-state index contributed by atoms with van der Waals surface area (Å²) < 4.78 is 0. The van der Waals surface area contributed by atoms with Crippen molar-refractivity contribution in [1.82, 2.24) is 9.80 Å². The van der Waals surface area contributed by atoms with Gasteiger partial charge in [-0.25, -0.2) is 0 Å². The summed E-state index contributed by atoms with van der Waals surface area (Å²) >= 11 is 0. The molecule has 0 N–H and O–H groups in total. The molecular weight excluding hydrogens is 503 g/mol. The molecule has 0 radical (unpaired) electrons. The zero-order valence-corrected chi connectivity index (χ0v) is 24.6. The molecule has 0 aliphatic heterocycles. The zero-order valence-electron chi connectivity index (χ0n) is 23.6. The Kier molecular flexibility index (Phi) is 9.93. The van der Waals surface area contributed by atoms with Crippen LogP contribution in [0, 0.1) is 0 Å². The van der Waals surface area contributed by atoms with Gasteiger partial charge in [0.05, 0.1) is 0 Å². The van der Waals surface area contributed by atoms with E-state index in [-0.39, 0.29) is 0 Å². The summed E-state index contributed by atoms with van der Waals surface area (Å²) in [6.07, 6.45) is 1.14. The molecule has 5 aromatic carbocycles. The van der Waals surface area contributed by atoms with Crippen molar-refractivity contribution in [2.24, 2.45) is 0 Å². The number of rotatable bonds is 13. The second kappa shape index (κ2) is 14.2. The first-order valence-electron chi connectivity index (χ1n) is 14.4. The molecule has 0 spiro atoms. The van der Waals surface area contributed by atoms with E-state index in [1.807, 2.05) is 0 Å². The maximum atomic E-state index is 2.58. The van der Waals surface area contributed by atoms with E-state index in [1.165, 1.54) is 27.0 Å². The Morgan fingerprint density at radius 2 is 0.775 bits per heavy atom. The van der Waals surface area contributed by atoms with Gasteiger partial charge in [0.15, 0.2) is 0 Å². The van der Waals surface area contributed by atoms with Crippen LogP contribution in [0.2, 0.25) is 0 Å². The van der Waals surface area contributed by atoms with Gasteiger partial charge in [-0.1, -0.05) is 0 Å². The molecule has 0 bridgehead atoms. The molecule has 0 aliphatic rings. The molecule has 3 heteroatoms. The molecule has 0 unspecified atom stereocenters. The van der Waals surface area contributed by atoms with E-state index in [9.17, 15) is 0 Å². The Hall–Kier alpha value is -3.55. The van der Waals surface area contributed by atoms with Crippen molar-refractivity contribution in [3.05, 3.63) is 163 Å². The SMILES string of the molecule is CN(CCN(Cc1ccccc1)Cc1ccccc1)CC[PH](c1ccccc1)(c1ccccc1)c1ccccc1. The normalized spacial score (nSPS) is 12.1. The zero-order chi connectivity index (χ0) is 27.5. The molecule has 0 aromatic heterocycles. The first-order chi connectivity index (χ1) is 19.7. The number of hydrogen-bond donors (Lipinski definition) is 0. The average molecular weight is 545 g/mol. The average Bonchev–Trinajstić information content (AvgIpc) is 3.03. The third-order valence-corrected chi connectivity index (χ3v) is 12.9. The molecule has 40 heavy (non-hydrogen) atoms. The van der Waals surface area contributed by atoms with Gasteiger partial charge in [0.25, 0.3) is 0 Å². The van der Waals surface area contributed by atoms with Gasteiger partial charge in [0, 0.05) is 0 Å². The van der Waals surface area contributed by atoms with Crippen LogP contribution < -0.4 is 15.9 Å². The summed E-state index contributed by atoms with van der Waals surface area (Å²) in [7, 11) is 0.0750. The van der Waals surface area contributed by atoms with Gasteiger partial charge < -0.3 is 0 Å². The van der Waals surface area contributed by atoms with E-state index >= 15 is 0 Å². The maximum absolute atomic E-state index is 2.58. The molecule has 5 rings (SSSR count). The van der Waals surface area contributed by atoms with Crippen LogP contribution >= 0.6 is 7.26 Å². The molecule has 0 amide bonds. The minimum atomic E-state index is -2.22. The second-order valence-electron chi connectivity index (χ2n) is 10.7. The van der Waals surface area contributed by atoms with Crippen molar-refractivity contribution < 1.29 is 0 Å². The molecular formula is C37H41N2P. The molecule has 0 saturated heterocycles. The van der Waals surface area contributed by atoms with E-state index in [2.05, 4.69) is 169 Å². The van der Waals surface area contributed by atoms with Crippen LogP contribution in [-0.2, 0) is 13.1 Å². The summed E-state index contributed by atoms with van der Waals surface area (Å²) in [5.74, 6) is 0. The van der Waals surface area contributed by atoms with E-state index in [4.69, 9.17) is 0 Å². The fraction of sp³-hybridized carbons (Fsp3) is 0.189. The summed E-state index contributed by atoms with van der Waals surface area (Å²) in [6.45, 7) is 5.02. The van der Waals surface area contributed by atoms with E-state index in [0.717, 1.165) is 38.9 Å². The molecule has 2 nitrogen and oxygen atoms in total. The van der Waals surface area contributed by atoms with Crippen LogP contribution in [0.3, 0.4) is 0 Å². The quantitative estimate of drug-likeness (QED) is 0.160. The molecule has 204 valence electrons. The van der Waals surface area contributed by atoms with Gasteiger partial charge >= 0.3 is 242 Å². The number of likely N-dealkylation sites (N-methyl/N-ethyl adjacent to an activating group) is 1. The Labute approximate surface area is 241 Å². The predicted molar refractivity (Wildman–Crippen MR) is 176 cm³/mol. The predicted octanol–water partition coefficient (Wildman–Crippen LogP) is 6.35. The number of nitrogens with zero attached hydrogens (tertiary/aromatic N) is 2. The summed E-state index contributed by atoms with van der Waals surface area (Å²) in [6, 6.07) is 55.5. The molecule has 0 heterocycles. The van der Waals surface area contributed by atoms with Gasteiger partial charge in [0.1, 0.15) is 0 Å². The van der Waals surface area contributed by atoms with Crippen LogP contribution in [0.1, 0.15) is 11.1 Å². The van der Waals surface area contributed by atoms with Crippen LogP contribution in [0.4, 0.5) is 0 Å². The number of benzene rings is 5. The Balaban J connectivity index is 1.35. The van der Waals surface area contributed by atoms with E-state index in [0.29, 0.717) is 0 Å². The van der Waals surface area contributed by atoms with E-state index in [1.54, 1.807) is 0 Å². The van der Waals surface area contributed by atoms with Crippen molar-refractivity contribution in [3.63, 3.8) is 0 Å². The molecule has 0 fully saturated rings. The molecule has 0 saturated carbocycles. The monoisotopic (exact) mass is 544 g/mol. The van der Waals surface area contributed by atoms with Gasteiger partial charge in [-0.05, 0) is 0 Å². The fourth-order valence-corrected chi connectivity index (χ4v) is 10.6. The first kappa shape index (κ1) is 28.0. The minimum absolute atomic E-state index is 0.959. The van der Waals surface area contributed by atoms with Gasteiger partial charge in [-0.3, -0.25) is 0 Å². The van der Waals surface area contributed by atoms with Gasteiger partial charge in [-0.2, -0.15) is 0 Å². The third kappa shape index (κ3) is 7.14. The topological polar surface area (TPSA) is 6.48 Å². The van der Waals surface area contributed by atoms with Crippen LogP contribution in [-0.4, -0.2) is 42.6 Å². The van der Waals surface area contributed by atoms with Crippen LogP contribution in [0.25, 0.3) is 0 Å². The Morgan fingerprint density at radius 1 is 0.425 bits per heavy atom. The Bertz CT molecular complexity index is 1260. The van der Waals surface area contributed by atoms with Crippen molar-refractivity contribution in [1.29, 1.82) is 0 Å². The van der Waals surface area contributed by atoms with Gasteiger partial charge in [-0.15, -0.1) is 0 Å². The number of hydrogen-bond acceptors (Lipinski definition) is 2. The van der Waals surface area contributed by atoms with Crippen molar-refractivity contribution in [2.75, 3.05) is 32.8 Å². The first-order valence-corrected chi connectivity index (χ1v) is 16.6. The molecule has 5 aromatic rings. The van der Waals surface area contributed by atoms with Crippen molar-refractivity contribution in [2.45, 2.75) is 13.1 Å². The van der Waals surface area contributed by atoms with Crippen molar-refractivity contribution in [3.8, 4) is 0 Å². The standard InChI is InChI=1S/C37H41N2P/c1-38(27-28-39(31-33-17-7-2-8-18-33)32-34-19-9-3-10-20-34)29-30-40(35-21-11-4-12-22-35,36-23-13-5-14-24-36)37-25-15-6-16-26-37/h2-26,40H,27-32H2,1H3. The van der Waals surface area contributed by atoms with Crippen LogP contribution in [0.15, 0.2) is 152 Å². The molecule has 0 aliphatic carbocycles. The summed E-state index contributed by atoms with van der Waals surface area (Å²) in [5, 5.41) is 4.45. The summed E-state index contributed by atoms with van der Waals surface area (Å²) in [4.78, 5) is 5.12. The van der Waals surface area contributed by atoms with Crippen molar-refractivity contribution >= 4 is 23.2 Å².